The molecule has 0 aliphatic carbocycles. The second-order valence-corrected chi connectivity index (χ2v) is 5.42. The molecule has 0 fully saturated rings. The first-order valence-corrected chi connectivity index (χ1v) is 6.98. The number of hydrogen-bond acceptors (Lipinski definition) is 6. The van der Waals surface area contributed by atoms with Crippen molar-refractivity contribution in [3.8, 4) is 5.88 Å². The third-order valence-electron chi connectivity index (χ3n) is 2.65. The molecule has 6 nitrogen and oxygen atoms in total. The van der Waals surface area contributed by atoms with Gasteiger partial charge in [-0.25, -0.2) is 4.98 Å². The van der Waals surface area contributed by atoms with E-state index in [0.29, 0.717) is 36.5 Å². The van der Waals surface area contributed by atoms with Gasteiger partial charge in [-0.3, -0.25) is 0 Å². The summed E-state index contributed by atoms with van der Waals surface area (Å²) in [6, 6.07) is 0. The van der Waals surface area contributed by atoms with E-state index < -0.39 is 0 Å². The van der Waals surface area contributed by atoms with Crippen LogP contribution in [0.4, 0.5) is 11.5 Å². The monoisotopic (exact) mass is 282 g/mol. The van der Waals surface area contributed by atoms with Gasteiger partial charge in [-0.2, -0.15) is 4.98 Å². The van der Waals surface area contributed by atoms with Crippen molar-refractivity contribution >= 4 is 11.5 Å². The molecule has 0 aliphatic rings. The molecule has 1 aromatic rings. The number of ether oxygens (including phenoxy) is 2. The van der Waals surface area contributed by atoms with E-state index in [4.69, 9.17) is 15.2 Å². The van der Waals surface area contributed by atoms with E-state index in [0.717, 1.165) is 12.4 Å². The molecule has 0 spiro atoms. The zero-order valence-electron chi connectivity index (χ0n) is 13.1. The number of nitrogens with one attached hydrogen (secondary N) is 1. The Bertz CT molecular complexity index is 422. The molecule has 0 atom stereocenters. The summed E-state index contributed by atoms with van der Waals surface area (Å²) in [4.78, 5) is 8.85. The molecule has 0 bridgehead atoms. The maximum Gasteiger partial charge on any atom is 0.242 e. The zero-order valence-corrected chi connectivity index (χ0v) is 13.1. The molecule has 1 aromatic heterocycles. The number of methoxy groups -OCH3 is 1. The lowest BCUT2D eigenvalue weighted by Gasteiger charge is -2.16. The molecule has 0 radical (unpaired) electrons. The second kappa shape index (κ2) is 7.89. The van der Waals surface area contributed by atoms with Gasteiger partial charge in [0.15, 0.2) is 5.82 Å². The van der Waals surface area contributed by atoms with Crippen LogP contribution in [0.1, 0.15) is 39.4 Å². The van der Waals surface area contributed by atoms with Crippen LogP contribution >= 0.6 is 0 Å². The van der Waals surface area contributed by atoms with Crippen LogP contribution < -0.4 is 15.8 Å². The Morgan fingerprint density at radius 2 is 1.85 bits per heavy atom. The highest BCUT2D eigenvalue weighted by Gasteiger charge is 2.15. The Morgan fingerprint density at radius 3 is 2.40 bits per heavy atom. The normalized spacial score (nSPS) is 11.2. The van der Waals surface area contributed by atoms with Gasteiger partial charge in [-0.1, -0.05) is 27.7 Å². The van der Waals surface area contributed by atoms with Gasteiger partial charge in [-0.15, -0.1) is 0 Å². The lowest BCUT2D eigenvalue weighted by atomic mass is 10.2. The Morgan fingerprint density at radius 1 is 1.15 bits per heavy atom. The predicted molar refractivity (Wildman–Crippen MR) is 81.2 cm³/mol. The van der Waals surface area contributed by atoms with Crippen molar-refractivity contribution in [2.24, 2.45) is 5.92 Å². The first-order valence-electron chi connectivity index (χ1n) is 6.98. The van der Waals surface area contributed by atoms with E-state index in [1.54, 1.807) is 7.11 Å². The number of aromatic nitrogens is 2. The van der Waals surface area contributed by atoms with Gasteiger partial charge in [-0.05, 0) is 5.92 Å². The first kappa shape index (κ1) is 16.5. The van der Waals surface area contributed by atoms with Crippen molar-refractivity contribution in [2.45, 2.75) is 33.6 Å². The molecule has 0 saturated carbocycles. The number of nitrogen functional groups attached to an aromatic ring is 1. The number of hydrogen-bond donors (Lipinski definition) is 2. The summed E-state index contributed by atoms with van der Waals surface area (Å²) in [5.74, 6) is 2.50. The highest BCUT2D eigenvalue weighted by molar-refractivity contribution is 5.67. The topological polar surface area (TPSA) is 82.3 Å². The number of nitrogens with zero attached hydrogens (tertiary/aromatic N) is 2. The van der Waals surface area contributed by atoms with Crippen molar-refractivity contribution in [1.82, 2.24) is 9.97 Å². The predicted octanol–water partition coefficient (Wildman–Crippen LogP) is 2.28. The van der Waals surface area contributed by atoms with Crippen molar-refractivity contribution in [1.29, 1.82) is 0 Å². The molecule has 1 heterocycles. The summed E-state index contributed by atoms with van der Waals surface area (Å²) < 4.78 is 10.5. The van der Waals surface area contributed by atoms with Crippen LogP contribution in [0.5, 0.6) is 5.88 Å². The molecule has 0 unspecified atom stereocenters. The molecule has 6 heteroatoms. The summed E-state index contributed by atoms with van der Waals surface area (Å²) in [5.41, 5.74) is 6.52. The van der Waals surface area contributed by atoms with E-state index in [1.165, 1.54) is 0 Å². The summed E-state index contributed by atoms with van der Waals surface area (Å²) in [6.45, 7) is 10.0. The van der Waals surface area contributed by atoms with Gasteiger partial charge in [0.1, 0.15) is 18.1 Å². The average molecular weight is 282 g/mol. The van der Waals surface area contributed by atoms with Gasteiger partial charge in [0.25, 0.3) is 0 Å². The molecule has 3 N–H and O–H groups in total. The number of nitrogens with two attached hydrogens (primary N) is 1. The van der Waals surface area contributed by atoms with Gasteiger partial charge >= 0.3 is 0 Å². The Labute approximate surface area is 121 Å². The standard InChI is InChI=1S/C14H26N4O2/c1-9(2)8-16-13-11(15)14(20-7-6-19-5)18-12(17-13)10(3)4/h9-10H,6-8,15H2,1-5H3,(H,16,17,18). The third kappa shape index (κ3) is 4.85. The van der Waals surface area contributed by atoms with Crippen molar-refractivity contribution in [3.63, 3.8) is 0 Å². The minimum absolute atomic E-state index is 0.208. The molecule has 114 valence electrons. The van der Waals surface area contributed by atoms with Crippen molar-refractivity contribution in [2.75, 3.05) is 37.9 Å². The van der Waals surface area contributed by atoms with Crippen molar-refractivity contribution in [3.05, 3.63) is 5.82 Å². The van der Waals surface area contributed by atoms with Crippen LogP contribution in [-0.4, -0.2) is 36.8 Å². The van der Waals surface area contributed by atoms with Crippen LogP contribution in [0.15, 0.2) is 0 Å². The zero-order chi connectivity index (χ0) is 15.1. The van der Waals surface area contributed by atoms with Gasteiger partial charge < -0.3 is 20.5 Å². The van der Waals surface area contributed by atoms with E-state index >= 15 is 0 Å². The summed E-state index contributed by atoms with van der Waals surface area (Å²) in [5, 5.41) is 3.25. The van der Waals surface area contributed by atoms with Crippen LogP contribution in [0, 0.1) is 5.92 Å². The molecular formula is C14H26N4O2. The molecule has 1 rings (SSSR count). The molecular weight excluding hydrogens is 256 g/mol. The Hall–Kier alpha value is -1.56. The maximum absolute atomic E-state index is 6.07. The van der Waals surface area contributed by atoms with Crippen molar-refractivity contribution < 1.29 is 9.47 Å². The molecule has 0 saturated heterocycles. The SMILES string of the molecule is COCCOc1nc(C(C)C)nc(NCC(C)C)c1N. The molecule has 0 aromatic carbocycles. The first-order chi connectivity index (χ1) is 9.45. The fourth-order valence-corrected chi connectivity index (χ4v) is 1.49. The highest BCUT2D eigenvalue weighted by Crippen LogP contribution is 2.28. The smallest absolute Gasteiger partial charge is 0.242 e. The minimum Gasteiger partial charge on any atom is -0.474 e. The Balaban J connectivity index is 2.96. The summed E-state index contributed by atoms with van der Waals surface area (Å²) >= 11 is 0. The quantitative estimate of drug-likeness (QED) is 0.712. The maximum atomic E-state index is 6.07. The second-order valence-electron chi connectivity index (χ2n) is 5.42. The fraction of sp³-hybridized carbons (Fsp3) is 0.714. The molecule has 0 aliphatic heterocycles. The van der Waals surface area contributed by atoms with Crippen LogP contribution in [0.25, 0.3) is 0 Å². The number of rotatable bonds is 8. The summed E-state index contributed by atoms with van der Waals surface area (Å²) in [7, 11) is 1.63. The highest BCUT2D eigenvalue weighted by atomic mass is 16.5. The van der Waals surface area contributed by atoms with Crippen LogP contribution in [-0.2, 0) is 4.74 Å². The van der Waals surface area contributed by atoms with E-state index in [9.17, 15) is 0 Å². The average Bonchev–Trinajstić information content (AvgIpc) is 2.39. The Kier molecular flexibility index (Phi) is 6.51. The lowest BCUT2D eigenvalue weighted by Crippen LogP contribution is -2.15. The largest absolute Gasteiger partial charge is 0.474 e. The fourth-order valence-electron chi connectivity index (χ4n) is 1.49. The summed E-state index contributed by atoms with van der Waals surface area (Å²) in [6.07, 6.45) is 0. The van der Waals surface area contributed by atoms with Gasteiger partial charge in [0.2, 0.25) is 5.88 Å². The van der Waals surface area contributed by atoms with Gasteiger partial charge in [0.05, 0.1) is 6.61 Å². The van der Waals surface area contributed by atoms with E-state index in [-0.39, 0.29) is 5.92 Å². The minimum atomic E-state index is 0.208. The van der Waals surface area contributed by atoms with E-state index in [1.807, 2.05) is 13.8 Å². The van der Waals surface area contributed by atoms with Gasteiger partial charge in [0, 0.05) is 19.6 Å². The number of anilines is 2. The van der Waals surface area contributed by atoms with E-state index in [2.05, 4.69) is 29.1 Å². The molecule has 20 heavy (non-hydrogen) atoms. The lowest BCUT2D eigenvalue weighted by molar-refractivity contribution is 0.144. The third-order valence-corrected chi connectivity index (χ3v) is 2.65. The van der Waals surface area contributed by atoms with Crippen LogP contribution in [0.2, 0.25) is 0 Å². The molecule has 0 amide bonds. The van der Waals surface area contributed by atoms with Crippen LogP contribution in [0.3, 0.4) is 0 Å².